The van der Waals surface area contributed by atoms with Crippen molar-refractivity contribution in [2.75, 3.05) is 33.0 Å². The van der Waals surface area contributed by atoms with Crippen LogP contribution < -0.4 is 5.32 Å². The summed E-state index contributed by atoms with van der Waals surface area (Å²) in [4.78, 5) is 0. The van der Waals surface area contributed by atoms with Gasteiger partial charge in [0, 0.05) is 19.0 Å². The maximum Gasteiger partial charge on any atom is 0.107 e. The van der Waals surface area contributed by atoms with Crippen LogP contribution in [0.5, 0.6) is 0 Å². The van der Waals surface area contributed by atoms with Gasteiger partial charge in [-0.3, -0.25) is 0 Å². The van der Waals surface area contributed by atoms with Gasteiger partial charge in [-0.2, -0.15) is 0 Å². The van der Waals surface area contributed by atoms with Gasteiger partial charge < -0.3 is 14.8 Å². The summed E-state index contributed by atoms with van der Waals surface area (Å²) in [6.45, 7) is 15.7. The smallest absolute Gasteiger partial charge is 0.107 e. The van der Waals surface area contributed by atoms with Crippen molar-refractivity contribution in [3.63, 3.8) is 0 Å². The predicted molar refractivity (Wildman–Crippen MR) is 74.1 cm³/mol. The lowest BCUT2D eigenvalue weighted by Crippen LogP contribution is -2.27. The summed E-state index contributed by atoms with van der Waals surface area (Å²) >= 11 is 0. The molecule has 3 heteroatoms. The lowest BCUT2D eigenvalue weighted by molar-refractivity contribution is 0.0608. The van der Waals surface area contributed by atoms with Gasteiger partial charge in [0.15, 0.2) is 0 Å². The first-order chi connectivity index (χ1) is 8.27. The van der Waals surface area contributed by atoms with Crippen molar-refractivity contribution in [1.82, 2.24) is 5.32 Å². The molecule has 0 unspecified atom stereocenters. The van der Waals surface area contributed by atoms with Crippen LogP contribution >= 0.6 is 0 Å². The Bertz CT molecular complexity index is 194. The monoisotopic (exact) mass is 241 g/mol. The number of rotatable bonds is 8. The van der Waals surface area contributed by atoms with Gasteiger partial charge in [-0.05, 0) is 0 Å². The van der Waals surface area contributed by atoms with Gasteiger partial charge >= 0.3 is 0 Å². The summed E-state index contributed by atoms with van der Waals surface area (Å²) in [5, 5.41) is 3.28. The predicted octanol–water partition coefficient (Wildman–Crippen LogP) is 2.23. The fourth-order valence-electron chi connectivity index (χ4n) is 0.939. The summed E-state index contributed by atoms with van der Waals surface area (Å²) in [6, 6.07) is 0.522. The van der Waals surface area contributed by atoms with E-state index in [1.54, 1.807) is 0 Å². The molecule has 3 nitrogen and oxygen atoms in total. The van der Waals surface area contributed by atoms with Crippen LogP contribution in [0.4, 0.5) is 0 Å². The topological polar surface area (TPSA) is 30.5 Å². The Morgan fingerprint density at radius 1 is 1.06 bits per heavy atom. The Morgan fingerprint density at radius 3 is 2.29 bits per heavy atom. The highest BCUT2D eigenvalue weighted by molar-refractivity contribution is 4.97. The van der Waals surface area contributed by atoms with Crippen LogP contribution in [0.1, 0.15) is 27.2 Å². The molecule has 0 aromatic rings. The van der Waals surface area contributed by atoms with Crippen molar-refractivity contribution in [2.24, 2.45) is 0 Å². The van der Waals surface area contributed by atoms with Crippen molar-refractivity contribution in [2.45, 2.75) is 33.2 Å². The van der Waals surface area contributed by atoms with E-state index in [2.05, 4.69) is 44.2 Å². The van der Waals surface area contributed by atoms with E-state index in [0.29, 0.717) is 25.9 Å². The maximum absolute atomic E-state index is 5.35. The summed E-state index contributed by atoms with van der Waals surface area (Å²) in [5.41, 5.74) is 0. The standard InChI is InChI=1S/C12H23NO2.C2H4/c1-4-5-6-8-14-10-11-15-9-7-13-12(2)3;1-2/h12-13H,4,7-11H2,1-3H3;1-2H2. The Labute approximate surface area is 107 Å². The van der Waals surface area contributed by atoms with Crippen LogP contribution in [-0.2, 0) is 9.47 Å². The van der Waals surface area contributed by atoms with E-state index in [1.807, 2.05) is 6.92 Å². The average molecular weight is 241 g/mol. The second-order valence-electron chi connectivity index (χ2n) is 3.48. The van der Waals surface area contributed by atoms with Gasteiger partial charge in [-0.1, -0.05) is 26.7 Å². The van der Waals surface area contributed by atoms with Gasteiger partial charge in [-0.25, -0.2) is 0 Å². The van der Waals surface area contributed by atoms with E-state index in [-0.39, 0.29) is 0 Å². The van der Waals surface area contributed by atoms with Crippen LogP contribution in [0, 0.1) is 11.8 Å². The molecule has 0 amide bonds. The third-order valence-corrected chi connectivity index (χ3v) is 1.65. The molecule has 17 heavy (non-hydrogen) atoms. The quantitative estimate of drug-likeness (QED) is 0.401. The first-order valence-corrected chi connectivity index (χ1v) is 6.12. The van der Waals surface area contributed by atoms with Gasteiger partial charge in [0.1, 0.15) is 6.61 Å². The molecule has 0 bridgehead atoms. The van der Waals surface area contributed by atoms with E-state index in [4.69, 9.17) is 9.47 Å². The first-order valence-electron chi connectivity index (χ1n) is 6.12. The zero-order valence-corrected chi connectivity index (χ0v) is 11.6. The van der Waals surface area contributed by atoms with E-state index in [0.717, 1.165) is 19.6 Å². The molecule has 0 aliphatic rings. The summed E-state index contributed by atoms with van der Waals surface area (Å²) in [5.74, 6) is 5.86. The molecule has 0 aliphatic heterocycles. The van der Waals surface area contributed by atoms with E-state index >= 15 is 0 Å². The molecule has 0 aromatic heterocycles. The number of nitrogens with one attached hydrogen (secondary N) is 1. The van der Waals surface area contributed by atoms with Crippen LogP contribution in [0.2, 0.25) is 0 Å². The Morgan fingerprint density at radius 2 is 1.71 bits per heavy atom. The molecule has 0 saturated carbocycles. The highest BCUT2D eigenvalue weighted by Gasteiger charge is 1.91. The second kappa shape index (κ2) is 17.6. The maximum atomic E-state index is 5.35. The van der Waals surface area contributed by atoms with Crippen LogP contribution in [0.15, 0.2) is 13.2 Å². The van der Waals surface area contributed by atoms with Crippen LogP contribution in [0.3, 0.4) is 0 Å². The minimum absolute atomic E-state index is 0.515. The first kappa shape index (κ1) is 18.5. The molecule has 0 saturated heterocycles. The zero-order valence-electron chi connectivity index (χ0n) is 11.6. The lowest BCUT2D eigenvalue weighted by Gasteiger charge is -2.08. The normalized spacial score (nSPS) is 9.18. The summed E-state index contributed by atoms with van der Waals surface area (Å²) < 4.78 is 10.6. The minimum Gasteiger partial charge on any atom is -0.378 e. The molecule has 1 N–H and O–H groups in total. The summed E-state index contributed by atoms with van der Waals surface area (Å²) in [7, 11) is 0. The van der Waals surface area contributed by atoms with Crippen molar-refractivity contribution in [3.8, 4) is 11.8 Å². The molecule has 0 atom stereocenters. The van der Waals surface area contributed by atoms with Crippen molar-refractivity contribution >= 4 is 0 Å². The molecule has 0 spiro atoms. The molecule has 0 rings (SSSR count). The Hall–Kier alpha value is -0.820. The second-order valence-corrected chi connectivity index (χ2v) is 3.48. The van der Waals surface area contributed by atoms with Crippen molar-refractivity contribution < 1.29 is 9.47 Å². The highest BCUT2D eigenvalue weighted by Crippen LogP contribution is 1.80. The number of hydrogen-bond acceptors (Lipinski definition) is 3. The average Bonchev–Trinajstić information content (AvgIpc) is 2.34. The fourth-order valence-corrected chi connectivity index (χ4v) is 0.939. The third-order valence-electron chi connectivity index (χ3n) is 1.65. The highest BCUT2D eigenvalue weighted by atomic mass is 16.5. The largest absolute Gasteiger partial charge is 0.378 e. The van der Waals surface area contributed by atoms with E-state index < -0.39 is 0 Å². The molecule has 0 heterocycles. The van der Waals surface area contributed by atoms with Gasteiger partial charge in [0.05, 0.1) is 19.8 Å². The van der Waals surface area contributed by atoms with Crippen molar-refractivity contribution in [1.29, 1.82) is 0 Å². The Kier molecular flexibility index (Phi) is 19.2. The summed E-state index contributed by atoms with van der Waals surface area (Å²) in [6.07, 6.45) is 0.890. The molecule has 0 aromatic carbocycles. The molecule has 0 aliphatic carbocycles. The van der Waals surface area contributed by atoms with Crippen LogP contribution in [0.25, 0.3) is 0 Å². The molecular weight excluding hydrogens is 214 g/mol. The molecule has 0 fully saturated rings. The molecule has 100 valence electrons. The van der Waals surface area contributed by atoms with Gasteiger partial charge in [-0.15, -0.1) is 19.1 Å². The van der Waals surface area contributed by atoms with E-state index in [9.17, 15) is 0 Å². The number of hydrogen-bond donors (Lipinski definition) is 1. The Balaban J connectivity index is 0. The van der Waals surface area contributed by atoms with Gasteiger partial charge in [0.2, 0.25) is 0 Å². The fraction of sp³-hybridized carbons (Fsp3) is 0.714. The van der Waals surface area contributed by atoms with Gasteiger partial charge in [0.25, 0.3) is 0 Å². The minimum atomic E-state index is 0.515. The number of ether oxygens (including phenoxy) is 2. The van der Waals surface area contributed by atoms with E-state index in [1.165, 1.54) is 0 Å². The lowest BCUT2D eigenvalue weighted by atomic mass is 10.4. The third kappa shape index (κ3) is 21.1. The molecular formula is C14H27NO2. The zero-order chi connectivity index (χ0) is 13.4. The molecule has 0 radical (unpaired) electrons. The SMILES string of the molecule is C=C.CCC#CCOCCOCCNC(C)C. The van der Waals surface area contributed by atoms with Crippen molar-refractivity contribution in [3.05, 3.63) is 13.2 Å². The van der Waals surface area contributed by atoms with Crippen LogP contribution in [-0.4, -0.2) is 39.0 Å².